The Balaban J connectivity index is 2.60. The third-order valence-electron chi connectivity index (χ3n) is 1.37. The van der Waals surface area contributed by atoms with Crippen LogP contribution >= 0.6 is 0 Å². The van der Waals surface area contributed by atoms with Crippen molar-refractivity contribution in [3.05, 3.63) is 12.0 Å². The topological polar surface area (TPSA) is 84.1 Å². The molecule has 0 amide bonds. The highest BCUT2D eigenvalue weighted by atomic mass is 32.2. The zero-order valence-corrected chi connectivity index (χ0v) is 8.82. The Kier molecular flexibility index (Phi) is 3.55. The first-order valence-corrected chi connectivity index (χ1v) is 5.41. The molecule has 2 N–H and O–H groups in total. The molecule has 0 fully saturated rings. The molecule has 0 unspecified atom stereocenters. The standard InChI is InChI=1S/C6H8F3N3O3S/c1-4-10-2-5(11-4)16(13,14)12-15-3-6(7,8)9/h2,12H,3H2,1H3,(H,10,11). The number of imidazole rings is 1. The molecule has 0 bridgehead atoms. The van der Waals surface area contributed by atoms with Crippen molar-refractivity contribution in [2.24, 2.45) is 0 Å². The van der Waals surface area contributed by atoms with Crippen LogP contribution in [0.3, 0.4) is 0 Å². The van der Waals surface area contributed by atoms with E-state index in [4.69, 9.17) is 0 Å². The number of sulfonamides is 1. The molecular weight excluding hydrogens is 251 g/mol. The van der Waals surface area contributed by atoms with E-state index in [0.29, 0.717) is 5.82 Å². The monoisotopic (exact) mass is 259 g/mol. The Labute approximate surface area is 88.8 Å². The van der Waals surface area contributed by atoms with E-state index >= 15 is 0 Å². The van der Waals surface area contributed by atoms with Gasteiger partial charge in [0.15, 0.2) is 11.6 Å². The number of aromatic amines is 1. The summed E-state index contributed by atoms with van der Waals surface area (Å²) in [7, 11) is -4.15. The van der Waals surface area contributed by atoms with Crippen LogP contribution in [0.4, 0.5) is 13.2 Å². The molecule has 10 heteroatoms. The summed E-state index contributed by atoms with van der Waals surface area (Å²) < 4.78 is 57.5. The van der Waals surface area contributed by atoms with Crippen molar-refractivity contribution >= 4 is 10.0 Å². The molecule has 16 heavy (non-hydrogen) atoms. The molecule has 0 atom stereocenters. The Morgan fingerprint density at radius 1 is 1.56 bits per heavy atom. The number of nitrogens with zero attached hydrogens (tertiary/aromatic N) is 1. The minimum Gasteiger partial charge on any atom is -0.332 e. The fourth-order valence-corrected chi connectivity index (χ4v) is 1.55. The van der Waals surface area contributed by atoms with Gasteiger partial charge < -0.3 is 4.98 Å². The maximum absolute atomic E-state index is 11.7. The highest BCUT2D eigenvalue weighted by Gasteiger charge is 2.29. The third-order valence-corrected chi connectivity index (χ3v) is 2.50. The van der Waals surface area contributed by atoms with Crippen molar-refractivity contribution in [1.82, 2.24) is 14.9 Å². The molecule has 1 aromatic heterocycles. The molecule has 0 aliphatic heterocycles. The Bertz CT molecular complexity index is 453. The molecular formula is C6H8F3N3O3S. The lowest BCUT2D eigenvalue weighted by Gasteiger charge is -2.07. The molecule has 0 spiro atoms. The number of H-pyrrole nitrogens is 1. The number of alkyl halides is 3. The second-order valence-electron chi connectivity index (χ2n) is 2.82. The zero-order chi connectivity index (χ0) is 12.4. The van der Waals surface area contributed by atoms with Crippen LogP contribution in [0.1, 0.15) is 5.82 Å². The summed E-state index contributed by atoms with van der Waals surface area (Å²) in [5, 5.41) is -0.368. The first-order valence-electron chi connectivity index (χ1n) is 3.93. The molecule has 0 aliphatic carbocycles. The van der Waals surface area contributed by atoms with E-state index in [-0.39, 0.29) is 5.03 Å². The fraction of sp³-hybridized carbons (Fsp3) is 0.500. The van der Waals surface area contributed by atoms with Gasteiger partial charge >= 0.3 is 6.18 Å². The van der Waals surface area contributed by atoms with Crippen LogP contribution in [0.25, 0.3) is 0 Å². The van der Waals surface area contributed by atoms with Crippen LogP contribution in [0.15, 0.2) is 11.2 Å². The van der Waals surface area contributed by atoms with Crippen molar-refractivity contribution in [1.29, 1.82) is 0 Å². The molecule has 0 radical (unpaired) electrons. The normalized spacial score (nSPS) is 13.0. The van der Waals surface area contributed by atoms with Gasteiger partial charge in [0.25, 0.3) is 10.0 Å². The van der Waals surface area contributed by atoms with E-state index < -0.39 is 22.8 Å². The van der Waals surface area contributed by atoms with E-state index in [1.165, 1.54) is 11.8 Å². The lowest BCUT2D eigenvalue weighted by Crippen LogP contribution is -2.29. The Morgan fingerprint density at radius 2 is 2.19 bits per heavy atom. The van der Waals surface area contributed by atoms with Gasteiger partial charge in [-0.25, -0.2) is 13.4 Å². The Hall–Kier alpha value is -1.13. The van der Waals surface area contributed by atoms with Crippen molar-refractivity contribution in [3.8, 4) is 0 Å². The number of aryl methyl sites for hydroxylation is 1. The summed E-state index contributed by atoms with van der Waals surface area (Å²) in [5.41, 5.74) is 0. The van der Waals surface area contributed by atoms with Crippen LogP contribution in [0, 0.1) is 6.92 Å². The van der Waals surface area contributed by atoms with Gasteiger partial charge in [-0.15, -0.1) is 0 Å². The zero-order valence-electron chi connectivity index (χ0n) is 8.00. The van der Waals surface area contributed by atoms with Gasteiger partial charge in [-0.05, 0) is 6.92 Å². The quantitative estimate of drug-likeness (QED) is 0.771. The van der Waals surface area contributed by atoms with Gasteiger partial charge in [-0.3, -0.25) is 4.84 Å². The van der Waals surface area contributed by atoms with Gasteiger partial charge in [0, 0.05) is 0 Å². The smallest absolute Gasteiger partial charge is 0.332 e. The van der Waals surface area contributed by atoms with Gasteiger partial charge in [0.05, 0.1) is 6.20 Å². The maximum Gasteiger partial charge on any atom is 0.413 e. The highest BCUT2D eigenvalue weighted by Crippen LogP contribution is 2.14. The van der Waals surface area contributed by atoms with Gasteiger partial charge in [-0.2, -0.15) is 13.2 Å². The van der Waals surface area contributed by atoms with Crippen molar-refractivity contribution in [2.45, 2.75) is 18.1 Å². The van der Waals surface area contributed by atoms with Crippen LogP contribution in [-0.2, 0) is 14.9 Å². The number of hydrogen-bond donors (Lipinski definition) is 2. The average molecular weight is 259 g/mol. The lowest BCUT2D eigenvalue weighted by molar-refractivity contribution is -0.181. The number of rotatable bonds is 4. The van der Waals surface area contributed by atoms with Crippen LogP contribution < -0.4 is 4.89 Å². The SMILES string of the molecule is Cc1ncc(S(=O)(=O)NOCC(F)(F)F)[nH]1. The second-order valence-corrected chi connectivity index (χ2v) is 4.44. The predicted molar refractivity (Wildman–Crippen MR) is 45.7 cm³/mol. The van der Waals surface area contributed by atoms with Crippen LogP contribution in [0.2, 0.25) is 0 Å². The second kappa shape index (κ2) is 4.39. The molecule has 1 aromatic rings. The molecule has 0 saturated carbocycles. The van der Waals surface area contributed by atoms with E-state index in [9.17, 15) is 21.6 Å². The van der Waals surface area contributed by atoms with Crippen LogP contribution in [-0.4, -0.2) is 31.2 Å². The minimum atomic E-state index is -4.60. The minimum absolute atomic E-state index is 0.316. The molecule has 92 valence electrons. The number of halogens is 3. The molecule has 0 aliphatic rings. The largest absolute Gasteiger partial charge is 0.413 e. The van der Waals surface area contributed by atoms with Gasteiger partial charge in [0.1, 0.15) is 5.82 Å². The first kappa shape index (κ1) is 12.9. The summed E-state index contributed by atoms with van der Waals surface area (Å²) in [6, 6.07) is 0. The van der Waals surface area contributed by atoms with E-state index in [1.54, 1.807) is 0 Å². The number of nitrogens with one attached hydrogen (secondary N) is 2. The van der Waals surface area contributed by atoms with Gasteiger partial charge in [-0.1, -0.05) is 4.89 Å². The summed E-state index contributed by atoms with van der Waals surface area (Å²) in [5.74, 6) is 0.316. The third kappa shape index (κ3) is 3.79. The average Bonchev–Trinajstić information content (AvgIpc) is 2.49. The van der Waals surface area contributed by atoms with Crippen molar-refractivity contribution in [2.75, 3.05) is 6.61 Å². The molecule has 0 saturated heterocycles. The fourth-order valence-electron chi connectivity index (χ4n) is 0.769. The molecule has 0 aromatic carbocycles. The summed E-state index contributed by atoms with van der Waals surface area (Å²) in [6.07, 6.45) is -3.64. The number of hydrogen-bond acceptors (Lipinski definition) is 4. The van der Waals surface area contributed by atoms with E-state index in [0.717, 1.165) is 6.20 Å². The molecule has 1 rings (SSSR count). The highest BCUT2D eigenvalue weighted by molar-refractivity contribution is 7.89. The summed E-state index contributed by atoms with van der Waals surface area (Å²) in [4.78, 5) is 11.1. The maximum atomic E-state index is 11.7. The Morgan fingerprint density at radius 3 is 2.62 bits per heavy atom. The summed E-state index contributed by atoms with van der Waals surface area (Å²) >= 11 is 0. The van der Waals surface area contributed by atoms with Crippen molar-refractivity contribution in [3.63, 3.8) is 0 Å². The first-order chi connectivity index (χ1) is 7.21. The predicted octanol–water partition coefficient (Wildman–Crippen LogP) is 0.490. The van der Waals surface area contributed by atoms with Crippen molar-refractivity contribution < 1.29 is 26.4 Å². The molecule has 1 heterocycles. The van der Waals surface area contributed by atoms with E-state index in [1.807, 2.05) is 0 Å². The lowest BCUT2D eigenvalue weighted by atomic mass is 10.7. The molecule has 6 nitrogen and oxygen atoms in total. The summed E-state index contributed by atoms with van der Waals surface area (Å²) in [6.45, 7) is -0.213. The van der Waals surface area contributed by atoms with Gasteiger partial charge in [0.2, 0.25) is 0 Å². The van der Waals surface area contributed by atoms with E-state index in [2.05, 4.69) is 14.8 Å². The number of aromatic nitrogens is 2. The van der Waals surface area contributed by atoms with Crippen LogP contribution in [0.5, 0.6) is 0 Å².